The number of thioether (sulfide) groups is 1. The number of nitrogens with one attached hydrogen (secondary N) is 2. The fourth-order valence-corrected chi connectivity index (χ4v) is 3.78. The van der Waals surface area contributed by atoms with Crippen LogP contribution in [0.1, 0.15) is 0 Å². The Morgan fingerprint density at radius 2 is 1.93 bits per heavy atom. The number of carbonyl (C=O) groups is 1. The van der Waals surface area contributed by atoms with Gasteiger partial charge in [0, 0.05) is 15.5 Å². The third kappa shape index (κ3) is 4.55. The van der Waals surface area contributed by atoms with Crippen molar-refractivity contribution >= 4 is 46.0 Å². The summed E-state index contributed by atoms with van der Waals surface area (Å²) in [5.41, 5.74) is 3.19. The normalized spacial score (nSPS) is 10.8. The number of carbonyl (C=O) groups excluding carboxylic acids is 1. The average molecular weight is 424 g/mol. The van der Waals surface area contributed by atoms with Crippen molar-refractivity contribution in [2.45, 2.75) is 4.90 Å². The molecule has 4 rings (SSSR count). The zero-order valence-corrected chi connectivity index (χ0v) is 17.2. The van der Waals surface area contributed by atoms with E-state index in [1.807, 2.05) is 48.5 Å². The van der Waals surface area contributed by atoms with Gasteiger partial charge in [-0.05, 0) is 54.6 Å². The lowest BCUT2D eigenvalue weighted by atomic mass is 10.1. The smallest absolute Gasteiger partial charge is 0.234 e. The molecule has 0 spiro atoms. The molecule has 0 aliphatic carbocycles. The summed E-state index contributed by atoms with van der Waals surface area (Å²) in [6.07, 6.45) is 0. The highest BCUT2D eigenvalue weighted by atomic mass is 35.5. The Morgan fingerprint density at radius 3 is 2.69 bits per heavy atom. The quantitative estimate of drug-likeness (QED) is 0.395. The molecular formula is C22H18ClN3O2S. The van der Waals surface area contributed by atoms with Crippen molar-refractivity contribution in [2.75, 3.05) is 18.2 Å². The van der Waals surface area contributed by atoms with Crippen molar-refractivity contribution in [2.24, 2.45) is 0 Å². The van der Waals surface area contributed by atoms with Gasteiger partial charge < -0.3 is 15.0 Å². The molecule has 146 valence electrons. The number of aromatic nitrogens is 2. The number of H-pyrrole nitrogens is 1. The Bertz CT molecular complexity index is 1130. The minimum atomic E-state index is -0.106. The highest BCUT2D eigenvalue weighted by molar-refractivity contribution is 8.00. The summed E-state index contributed by atoms with van der Waals surface area (Å²) < 4.78 is 5.15. The van der Waals surface area contributed by atoms with Gasteiger partial charge in [-0.15, -0.1) is 11.8 Å². The van der Waals surface area contributed by atoms with Crippen LogP contribution in [0.4, 0.5) is 5.69 Å². The molecule has 1 amide bonds. The Balaban J connectivity index is 1.51. The van der Waals surface area contributed by atoms with E-state index in [4.69, 9.17) is 16.3 Å². The molecule has 5 nitrogen and oxygen atoms in total. The topological polar surface area (TPSA) is 67.0 Å². The van der Waals surface area contributed by atoms with Crippen molar-refractivity contribution < 1.29 is 9.53 Å². The molecule has 0 saturated carbocycles. The van der Waals surface area contributed by atoms with E-state index in [1.165, 1.54) is 11.8 Å². The Kier molecular flexibility index (Phi) is 5.74. The Morgan fingerprint density at radius 1 is 1.14 bits per heavy atom. The standard InChI is InChI=1S/C22H18ClN3O2S/c1-28-15-7-9-16(10-8-15)29-13-21(27)24-18-11-6-14(23)12-17(18)22-25-19-4-2-3-5-20(19)26-22/h2-12H,13H2,1H3,(H,24,27)(H,25,26). The molecule has 4 aromatic rings. The maximum atomic E-state index is 12.5. The van der Waals surface area contributed by atoms with E-state index in [0.29, 0.717) is 16.5 Å². The van der Waals surface area contributed by atoms with Crippen LogP contribution in [0.15, 0.2) is 71.6 Å². The van der Waals surface area contributed by atoms with E-state index < -0.39 is 0 Å². The lowest BCUT2D eigenvalue weighted by Crippen LogP contribution is -2.14. The van der Waals surface area contributed by atoms with Gasteiger partial charge in [-0.25, -0.2) is 4.98 Å². The number of halogens is 1. The molecule has 0 atom stereocenters. The lowest BCUT2D eigenvalue weighted by molar-refractivity contribution is -0.113. The summed E-state index contributed by atoms with van der Waals surface area (Å²) >= 11 is 7.66. The van der Waals surface area contributed by atoms with Gasteiger partial charge in [0.05, 0.1) is 29.6 Å². The summed E-state index contributed by atoms with van der Waals surface area (Å²) in [5, 5.41) is 3.55. The maximum absolute atomic E-state index is 12.5. The summed E-state index contributed by atoms with van der Waals surface area (Å²) in [6.45, 7) is 0. The van der Waals surface area contributed by atoms with Crippen LogP contribution in [0.3, 0.4) is 0 Å². The molecule has 1 heterocycles. The molecule has 0 aliphatic heterocycles. The van der Waals surface area contributed by atoms with Gasteiger partial charge in [0.15, 0.2) is 0 Å². The van der Waals surface area contributed by atoms with Crippen LogP contribution >= 0.6 is 23.4 Å². The molecule has 29 heavy (non-hydrogen) atoms. The number of anilines is 1. The first-order valence-corrected chi connectivity index (χ1v) is 10.3. The van der Waals surface area contributed by atoms with Gasteiger partial charge in [0.1, 0.15) is 11.6 Å². The Labute approximate surface area is 177 Å². The van der Waals surface area contributed by atoms with E-state index >= 15 is 0 Å². The number of amides is 1. The monoisotopic (exact) mass is 423 g/mol. The van der Waals surface area contributed by atoms with Crippen LogP contribution < -0.4 is 10.1 Å². The SMILES string of the molecule is COc1ccc(SCC(=O)Nc2ccc(Cl)cc2-c2nc3ccccc3[nH]2)cc1. The van der Waals surface area contributed by atoms with Crippen LogP contribution in [-0.2, 0) is 4.79 Å². The third-order valence-electron chi connectivity index (χ3n) is 4.33. The predicted octanol–water partition coefficient (Wildman–Crippen LogP) is 5.62. The number of nitrogens with zero attached hydrogens (tertiary/aromatic N) is 1. The van der Waals surface area contributed by atoms with Crippen LogP contribution in [0.5, 0.6) is 5.75 Å². The third-order valence-corrected chi connectivity index (χ3v) is 5.58. The van der Waals surface area contributed by atoms with Crippen molar-refractivity contribution in [3.8, 4) is 17.1 Å². The van der Waals surface area contributed by atoms with Crippen molar-refractivity contribution in [3.63, 3.8) is 0 Å². The number of para-hydroxylation sites is 2. The van der Waals surface area contributed by atoms with E-state index in [-0.39, 0.29) is 11.7 Å². The number of fused-ring (bicyclic) bond motifs is 1. The number of benzene rings is 3. The van der Waals surface area contributed by atoms with Gasteiger partial charge in [-0.2, -0.15) is 0 Å². The fraction of sp³-hybridized carbons (Fsp3) is 0.0909. The summed E-state index contributed by atoms with van der Waals surface area (Å²) in [4.78, 5) is 21.4. The molecule has 0 aliphatic rings. The first kappa shape index (κ1) is 19.4. The second-order valence-electron chi connectivity index (χ2n) is 6.30. The number of rotatable bonds is 6. The lowest BCUT2D eigenvalue weighted by Gasteiger charge is -2.10. The van der Waals surface area contributed by atoms with Gasteiger partial charge in [-0.3, -0.25) is 4.79 Å². The zero-order chi connectivity index (χ0) is 20.2. The largest absolute Gasteiger partial charge is 0.497 e. The average Bonchev–Trinajstić information content (AvgIpc) is 3.18. The van der Waals surface area contributed by atoms with Gasteiger partial charge in [0.2, 0.25) is 5.91 Å². The number of aromatic amines is 1. The molecule has 2 N–H and O–H groups in total. The van der Waals surface area contributed by atoms with Gasteiger partial charge in [-0.1, -0.05) is 23.7 Å². The van der Waals surface area contributed by atoms with E-state index in [9.17, 15) is 4.79 Å². The number of methoxy groups -OCH3 is 1. The number of hydrogen-bond donors (Lipinski definition) is 2. The van der Waals surface area contributed by atoms with Crippen molar-refractivity contribution in [3.05, 3.63) is 71.8 Å². The minimum Gasteiger partial charge on any atom is -0.497 e. The molecule has 0 saturated heterocycles. The molecular weight excluding hydrogens is 406 g/mol. The van der Waals surface area contributed by atoms with Gasteiger partial charge >= 0.3 is 0 Å². The van der Waals surface area contributed by atoms with Crippen molar-refractivity contribution in [1.82, 2.24) is 9.97 Å². The van der Waals surface area contributed by atoms with Crippen LogP contribution in [0.25, 0.3) is 22.4 Å². The number of ether oxygens (including phenoxy) is 1. The molecule has 7 heteroatoms. The molecule has 0 fully saturated rings. The fourth-order valence-electron chi connectivity index (χ4n) is 2.91. The first-order valence-electron chi connectivity index (χ1n) is 8.94. The Hall–Kier alpha value is -2.96. The van der Waals surface area contributed by atoms with Crippen LogP contribution in [0.2, 0.25) is 5.02 Å². The summed E-state index contributed by atoms with van der Waals surface area (Å²) in [7, 11) is 1.63. The van der Waals surface area contributed by atoms with Crippen LogP contribution in [0, 0.1) is 0 Å². The summed E-state index contributed by atoms with van der Waals surface area (Å²) in [5.74, 6) is 1.63. The number of imidazole rings is 1. The predicted molar refractivity (Wildman–Crippen MR) is 119 cm³/mol. The molecule has 0 bridgehead atoms. The van der Waals surface area contributed by atoms with E-state index in [2.05, 4.69) is 15.3 Å². The molecule has 0 unspecified atom stereocenters. The highest BCUT2D eigenvalue weighted by Gasteiger charge is 2.13. The first-order chi connectivity index (χ1) is 14.1. The molecule has 1 aromatic heterocycles. The second kappa shape index (κ2) is 8.59. The van der Waals surface area contributed by atoms with E-state index in [0.717, 1.165) is 27.2 Å². The van der Waals surface area contributed by atoms with E-state index in [1.54, 1.807) is 25.3 Å². The summed E-state index contributed by atoms with van der Waals surface area (Å²) in [6, 6.07) is 20.7. The van der Waals surface area contributed by atoms with Gasteiger partial charge in [0.25, 0.3) is 0 Å². The number of hydrogen-bond acceptors (Lipinski definition) is 4. The highest BCUT2D eigenvalue weighted by Crippen LogP contribution is 2.31. The maximum Gasteiger partial charge on any atom is 0.234 e. The van der Waals surface area contributed by atoms with Crippen molar-refractivity contribution in [1.29, 1.82) is 0 Å². The zero-order valence-electron chi connectivity index (χ0n) is 15.6. The molecule has 3 aromatic carbocycles. The van der Waals surface area contributed by atoms with Crippen LogP contribution in [-0.4, -0.2) is 28.7 Å². The molecule has 0 radical (unpaired) electrons. The second-order valence-corrected chi connectivity index (χ2v) is 7.79. The minimum absolute atomic E-state index is 0.106.